The number of halogens is 2. The highest BCUT2D eigenvalue weighted by Crippen LogP contribution is 2.29. The van der Waals surface area contributed by atoms with Gasteiger partial charge in [-0.25, -0.2) is 14.2 Å². The maximum absolute atomic E-state index is 12.8. The first kappa shape index (κ1) is 11.6. The van der Waals surface area contributed by atoms with Crippen LogP contribution in [0, 0.1) is 12.7 Å². The zero-order valence-electron chi connectivity index (χ0n) is 8.70. The minimum atomic E-state index is -1.18. The van der Waals surface area contributed by atoms with Crippen LogP contribution in [0.1, 0.15) is 16.2 Å². The van der Waals surface area contributed by atoms with Crippen LogP contribution in [-0.2, 0) is 0 Å². The molecular weight excluding hydrogens is 249 g/mol. The normalized spacial score (nSPS) is 10.5. The minimum Gasteiger partial charge on any atom is -0.476 e. The van der Waals surface area contributed by atoms with Gasteiger partial charge in [-0.3, -0.25) is 0 Å². The Hall–Kier alpha value is -1.88. The van der Waals surface area contributed by atoms with Crippen LogP contribution in [0.5, 0.6) is 0 Å². The third-order valence-electron chi connectivity index (χ3n) is 2.16. The second-order valence-electron chi connectivity index (χ2n) is 3.35. The number of hydrogen-bond acceptors (Lipinski definition) is 3. The third kappa shape index (κ3) is 2.14. The molecule has 0 aliphatic heterocycles. The van der Waals surface area contributed by atoms with Crippen molar-refractivity contribution < 1.29 is 18.7 Å². The van der Waals surface area contributed by atoms with Crippen molar-refractivity contribution in [3.8, 4) is 11.5 Å². The molecule has 0 saturated carbocycles. The molecule has 0 unspecified atom stereocenters. The average Bonchev–Trinajstić information content (AvgIpc) is 2.60. The molecule has 0 saturated heterocycles. The van der Waals surface area contributed by atoms with E-state index in [-0.39, 0.29) is 22.4 Å². The van der Waals surface area contributed by atoms with E-state index in [1.807, 2.05) is 0 Å². The summed E-state index contributed by atoms with van der Waals surface area (Å²) in [6.07, 6.45) is 0. The Kier molecular flexibility index (Phi) is 2.85. The van der Waals surface area contributed by atoms with Gasteiger partial charge in [0.15, 0.2) is 5.69 Å². The van der Waals surface area contributed by atoms with E-state index in [4.69, 9.17) is 21.1 Å². The number of carbonyl (C=O) groups is 1. The summed E-state index contributed by atoms with van der Waals surface area (Å²) < 4.78 is 18.0. The van der Waals surface area contributed by atoms with Crippen molar-refractivity contribution in [2.24, 2.45) is 0 Å². The Morgan fingerprint density at radius 1 is 1.53 bits per heavy atom. The Balaban J connectivity index is 2.53. The highest BCUT2D eigenvalue weighted by atomic mass is 35.5. The zero-order valence-corrected chi connectivity index (χ0v) is 9.45. The van der Waals surface area contributed by atoms with Gasteiger partial charge in [-0.2, -0.15) is 0 Å². The number of oxazole rings is 1. The lowest BCUT2D eigenvalue weighted by Crippen LogP contribution is -1.98. The molecule has 17 heavy (non-hydrogen) atoms. The zero-order chi connectivity index (χ0) is 12.6. The predicted octanol–water partition coefficient (Wildman–Crippen LogP) is 3.14. The smallest absolute Gasteiger partial charge is 0.358 e. The quantitative estimate of drug-likeness (QED) is 0.895. The average molecular weight is 256 g/mol. The molecule has 1 aromatic carbocycles. The van der Waals surface area contributed by atoms with E-state index in [9.17, 15) is 9.18 Å². The molecule has 0 spiro atoms. The van der Waals surface area contributed by atoms with Gasteiger partial charge in [0.05, 0.1) is 10.6 Å². The first-order valence-corrected chi connectivity index (χ1v) is 5.03. The second-order valence-corrected chi connectivity index (χ2v) is 3.76. The molecule has 2 aromatic rings. The summed E-state index contributed by atoms with van der Waals surface area (Å²) in [7, 11) is 0. The van der Waals surface area contributed by atoms with Crippen LogP contribution in [-0.4, -0.2) is 16.1 Å². The van der Waals surface area contributed by atoms with Gasteiger partial charge >= 0.3 is 5.97 Å². The SMILES string of the molecule is Cc1oc(-c2ccc(F)cc2Cl)nc1C(=O)O. The first-order chi connectivity index (χ1) is 7.99. The predicted molar refractivity (Wildman–Crippen MR) is 58.6 cm³/mol. The van der Waals surface area contributed by atoms with Crippen LogP contribution < -0.4 is 0 Å². The topological polar surface area (TPSA) is 63.3 Å². The maximum atomic E-state index is 12.8. The Bertz CT molecular complexity index is 594. The second kappa shape index (κ2) is 4.18. The van der Waals surface area contributed by atoms with Gasteiger partial charge in [-0.15, -0.1) is 0 Å². The maximum Gasteiger partial charge on any atom is 0.358 e. The monoisotopic (exact) mass is 255 g/mol. The highest BCUT2D eigenvalue weighted by Gasteiger charge is 2.18. The lowest BCUT2D eigenvalue weighted by Gasteiger charge is -1.98. The largest absolute Gasteiger partial charge is 0.476 e. The van der Waals surface area contributed by atoms with E-state index < -0.39 is 11.8 Å². The molecule has 0 radical (unpaired) electrons. The molecule has 88 valence electrons. The number of benzene rings is 1. The summed E-state index contributed by atoms with van der Waals surface area (Å²) in [5.41, 5.74) is 0.170. The van der Waals surface area contributed by atoms with Crippen LogP contribution >= 0.6 is 11.6 Å². The van der Waals surface area contributed by atoms with Crippen LogP contribution in [0.2, 0.25) is 5.02 Å². The van der Waals surface area contributed by atoms with Crippen LogP contribution in [0.4, 0.5) is 4.39 Å². The van der Waals surface area contributed by atoms with Crippen LogP contribution in [0.25, 0.3) is 11.5 Å². The van der Waals surface area contributed by atoms with Gasteiger partial charge in [0.2, 0.25) is 5.89 Å². The lowest BCUT2D eigenvalue weighted by atomic mass is 10.2. The van der Waals surface area contributed by atoms with E-state index in [0.717, 1.165) is 6.07 Å². The van der Waals surface area contributed by atoms with Crippen LogP contribution in [0.3, 0.4) is 0 Å². The van der Waals surface area contributed by atoms with Gasteiger partial charge in [0.25, 0.3) is 0 Å². The highest BCUT2D eigenvalue weighted by molar-refractivity contribution is 6.33. The summed E-state index contributed by atoms with van der Waals surface area (Å²) in [5, 5.41) is 8.94. The number of carboxylic acid groups (broad SMARTS) is 1. The van der Waals surface area contributed by atoms with E-state index in [1.54, 1.807) is 0 Å². The number of rotatable bonds is 2. The molecule has 1 N–H and O–H groups in total. The van der Waals surface area contributed by atoms with E-state index in [1.165, 1.54) is 19.1 Å². The van der Waals surface area contributed by atoms with Gasteiger partial charge < -0.3 is 9.52 Å². The third-order valence-corrected chi connectivity index (χ3v) is 2.47. The van der Waals surface area contributed by atoms with Crippen molar-refractivity contribution in [1.82, 2.24) is 4.98 Å². The number of aromatic carboxylic acids is 1. The van der Waals surface area contributed by atoms with Crippen molar-refractivity contribution in [1.29, 1.82) is 0 Å². The molecule has 1 aromatic heterocycles. The molecule has 0 aliphatic rings. The fourth-order valence-electron chi connectivity index (χ4n) is 1.37. The van der Waals surface area contributed by atoms with Crippen molar-refractivity contribution >= 4 is 17.6 Å². The summed E-state index contributed by atoms with van der Waals surface area (Å²) >= 11 is 5.82. The standard InChI is InChI=1S/C11H7ClFNO3/c1-5-9(11(15)16)14-10(17-5)7-3-2-6(13)4-8(7)12/h2-4H,1H3,(H,15,16). The fraction of sp³-hybridized carbons (Fsp3) is 0.0909. The molecular formula is C11H7ClFNO3. The molecule has 0 amide bonds. The number of hydrogen-bond donors (Lipinski definition) is 1. The Morgan fingerprint density at radius 3 is 2.76 bits per heavy atom. The number of aromatic nitrogens is 1. The van der Waals surface area contributed by atoms with Crippen molar-refractivity contribution in [3.05, 3.63) is 40.5 Å². The molecule has 2 rings (SSSR count). The molecule has 0 fully saturated rings. The number of aryl methyl sites for hydroxylation is 1. The molecule has 0 bridgehead atoms. The van der Waals surface area contributed by atoms with Gasteiger partial charge in [0, 0.05) is 0 Å². The molecule has 0 atom stereocenters. The van der Waals surface area contributed by atoms with Crippen molar-refractivity contribution in [2.75, 3.05) is 0 Å². The lowest BCUT2D eigenvalue weighted by molar-refractivity contribution is 0.0689. The van der Waals surface area contributed by atoms with E-state index >= 15 is 0 Å². The van der Waals surface area contributed by atoms with Gasteiger partial charge in [-0.05, 0) is 25.1 Å². The van der Waals surface area contributed by atoms with E-state index in [2.05, 4.69) is 4.98 Å². The summed E-state index contributed by atoms with van der Waals surface area (Å²) in [5.74, 6) is -1.44. The first-order valence-electron chi connectivity index (χ1n) is 4.65. The minimum absolute atomic E-state index is 0.0601. The van der Waals surface area contributed by atoms with E-state index in [0.29, 0.717) is 5.56 Å². The molecule has 1 heterocycles. The van der Waals surface area contributed by atoms with Gasteiger partial charge in [0.1, 0.15) is 11.6 Å². The van der Waals surface area contributed by atoms with Crippen LogP contribution in [0.15, 0.2) is 22.6 Å². The molecule has 6 heteroatoms. The fourth-order valence-corrected chi connectivity index (χ4v) is 1.62. The van der Waals surface area contributed by atoms with Crippen molar-refractivity contribution in [2.45, 2.75) is 6.92 Å². The van der Waals surface area contributed by atoms with Crippen molar-refractivity contribution in [3.63, 3.8) is 0 Å². The summed E-state index contributed by atoms with van der Waals surface area (Å²) in [6, 6.07) is 3.69. The van der Waals surface area contributed by atoms with Gasteiger partial charge in [-0.1, -0.05) is 11.6 Å². The Morgan fingerprint density at radius 2 is 2.24 bits per heavy atom. The Labute approximate surface area is 101 Å². The molecule has 0 aliphatic carbocycles. The molecule has 4 nitrogen and oxygen atoms in total. The number of carboxylic acids is 1. The summed E-state index contributed by atoms with van der Waals surface area (Å²) in [4.78, 5) is 14.6. The number of nitrogens with zero attached hydrogens (tertiary/aromatic N) is 1. The summed E-state index contributed by atoms with van der Waals surface area (Å²) in [6.45, 7) is 1.48.